The second kappa shape index (κ2) is 6.32. The van der Waals surface area contributed by atoms with Gasteiger partial charge in [0.05, 0.1) is 6.04 Å². The van der Waals surface area contributed by atoms with Crippen LogP contribution >= 0.6 is 0 Å². The molecule has 1 unspecified atom stereocenters. The highest BCUT2D eigenvalue weighted by molar-refractivity contribution is 4.91. The van der Waals surface area contributed by atoms with Gasteiger partial charge in [0.25, 0.3) is 0 Å². The molecule has 1 aromatic heterocycles. The molecule has 1 rings (SSSR count). The first-order valence-corrected chi connectivity index (χ1v) is 5.08. The highest BCUT2D eigenvalue weighted by Crippen LogP contribution is 2.14. The van der Waals surface area contributed by atoms with Crippen LogP contribution in [-0.2, 0) is 0 Å². The standard InChI is InChI=1S/C10H18N4/c1-3-5-6-7-9(11-4-2)10-12-8-13-14-10/h3,8-9,11H,1,4-7H2,2H3,(H,12,13,14). The summed E-state index contributed by atoms with van der Waals surface area (Å²) in [6.45, 7) is 6.75. The van der Waals surface area contributed by atoms with Gasteiger partial charge in [-0.15, -0.1) is 6.58 Å². The summed E-state index contributed by atoms with van der Waals surface area (Å²) in [5.74, 6) is 0.927. The van der Waals surface area contributed by atoms with Gasteiger partial charge in [0.2, 0.25) is 0 Å². The Labute approximate surface area is 84.8 Å². The Balaban J connectivity index is 2.43. The number of unbranched alkanes of at least 4 members (excludes halogenated alkanes) is 1. The maximum absolute atomic E-state index is 4.16. The first-order valence-electron chi connectivity index (χ1n) is 5.08. The molecule has 0 spiro atoms. The van der Waals surface area contributed by atoms with Crippen molar-refractivity contribution < 1.29 is 0 Å². The third kappa shape index (κ3) is 3.30. The summed E-state index contributed by atoms with van der Waals surface area (Å²) in [6.07, 6.45) is 6.74. The van der Waals surface area contributed by atoms with Crippen molar-refractivity contribution in [3.8, 4) is 0 Å². The zero-order valence-electron chi connectivity index (χ0n) is 8.66. The fraction of sp³-hybridized carbons (Fsp3) is 0.600. The quantitative estimate of drug-likeness (QED) is 0.514. The maximum Gasteiger partial charge on any atom is 0.141 e. The zero-order valence-corrected chi connectivity index (χ0v) is 8.66. The number of nitrogens with zero attached hydrogens (tertiary/aromatic N) is 2. The number of aromatic amines is 1. The van der Waals surface area contributed by atoms with Crippen molar-refractivity contribution in [3.63, 3.8) is 0 Å². The van der Waals surface area contributed by atoms with Crippen LogP contribution in [0.2, 0.25) is 0 Å². The minimum atomic E-state index is 0.294. The molecule has 0 saturated carbocycles. The Kier molecular flexibility index (Phi) is 4.93. The summed E-state index contributed by atoms with van der Waals surface area (Å²) in [6, 6.07) is 0.294. The van der Waals surface area contributed by atoms with Crippen molar-refractivity contribution in [1.82, 2.24) is 20.5 Å². The van der Waals surface area contributed by atoms with Gasteiger partial charge in [0.1, 0.15) is 12.2 Å². The molecule has 0 fully saturated rings. The van der Waals surface area contributed by atoms with E-state index in [4.69, 9.17) is 0 Å². The van der Waals surface area contributed by atoms with Crippen LogP contribution in [0.3, 0.4) is 0 Å². The molecular formula is C10H18N4. The average Bonchev–Trinajstić information content (AvgIpc) is 2.70. The van der Waals surface area contributed by atoms with Gasteiger partial charge in [-0.05, 0) is 25.8 Å². The first kappa shape index (κ1) is 10.9. The van der Waals surface area contributed by atoms with Crippen molar-refractivity contribution in [2.75, 3.05) is 6.54 Å². The van der Waals surface area contributed by atoms with Gasteiger partial charge in [-0.3, -0.25) is 5.10 Å². The van der Waals surface area contributed by atoms with Gasteiger partial charge in [0, 0.05) is 0 Å². The van der Waals surface area contributed by atoms with E-state index in [0.29, 0.717) is 6.04 Å². The van der Waals surface area contributed by atoms with Gasteiger partial charge in [0.15, 0.2) is 0 Å². The van der Waals surface area contributed by atoms with E-state index in [1.807, 2.05) is 6.08 Å². The van der Waals surface area contributed by atoms with E-state index in [1.165, 1.54) is 0 Å². The summed E-state index contributed by atoms with van der Waals surface area (Å²) < 4.78 is 0. The molecule has 0 bridgehead atoms. The van der Waals surface area contributed by atoms with Crippen molar-refractivity contribution >= 4 is 0 Å². The molecule has 0 saturated heterocycles. The lowest BCUT2D eigenvalue weighted by Crippen LogP contribution is -2.22. The van der Waals surface area contributed by atoms with Gasteiger partial charge >= 0.3 is 0 Å². The normalized spacial score (nSPS) is 12.6. The number of hydrogen-bond donors (Lipinski definition) is 2. The molecular weight excluding hydrogens is 176 g/mol. The van der Waals surface area contributed by atoms with Crippen LogP contribution in [0.5, 0.6) is 0 Å². The van der Waals surface area contributed by atoms with Gasteiger partial charge in [-0.25, -0.2) is 4.98 Å². The summed E-state index contributed by atoms with van der Waals surface area (Å²) >= 11 is 0. The van der Waals surface area contributed by atoms with E-state index >= 15 is 0 Å². The molecule has 4 heteroatoms. The fourth-order valence-electron chi connectivity index (χ4n) is 1.43. The molecule has 1 aromatic rings. The molecule has 0 amide bonds. The molecule has 78 valence electrons. The lowest BCUT2D eigenvalue weighted by atomic mass is 10.1. The second-order valence-electron chi connectivity index (χ2n) is 3.20. The summed E-state index contributed by atoms with van der Waals surface area (Å²) in [7, 11) is 0. The third-order valence-corrected chi connectivity index (χ3v) is 2.12. The highest BCUT2D eigenvalue weighted by Gasteiger charge is 2.11. The molecule has 0 aliphatic heterocycles. The SMILES string of the molecule is C=CCCCC(NCC)c1ncn[nH]1. The van der Waals surface area contributed by atoms with Crippen LogP contribution in [0, 0.1) is 0 Å². The summed E-state index contributed by atoms with van der Waals surface area (Å²) in [5, 5.41) is 10.1. The van der Waals surface area contributed by atoms with E-state index in [2.05, 4.69) is 34.0 Å². The molecule has 0 radical (unpaired) electrons. The summed E-state index contributed by atoms with van der Waals surface area (Å²) in [4.78, 5) is 4.16. The lowest BCUT2D eigenvalue weighted by Gasteiger charge is -2.14. The summed E-state index contributed by atoms with van der Waals surface area (Å²) in [5.41, 5.74) is 0. The fourth-order valence-corrected chi connectivity index (χ4v) is 1.43. The molecule has 14 heavy (non-hydrogen) atoms. The largest absolute Gasteiger partial charge is 0.308 e. The van der Waals surface area contributed by atoms with E-state index in [1.54, 1.807) is 6.33 Å². The van der Waals surface area contributed by atoms with Crippen molar-refractivity contribution in [3.05, 3.63) is 24.8 Å². The van der Waals surface area contributed by atoms with E-state index in [-0.39, 0.29) is 0 Å². The van der Waals surface area contributed by atoms with Gasteiger partial charge < -0.3 is 5.32 Å². The number of nitrogens with one attached hydrogen (secondary N) is 2. The molecule has 4 nitrogen and oxygen atoms in total. The van der Waals surface area contributed by atoms with Crippen LogP contribution in [0.15, 0.2) is 19.0 Å². The van der Waals surface area contributed by atoms with Gasteiger partial charge in [-0.2, -0.15) is 5.10 Å². The Morgan fingerprint density at radius 3 is 3.14 bits per heavy atom. The predicted molar refractivity (Wildman–Crippen MR) is 56.8 cm³/mol. The number of allylic oxidation sites excluding steroid dienone is 1. The van der Waals surface area contributed by atoms with Crippen LogP contribution in [-0.4, -0.2) is 21.7 Å². The molecule has 0 aromatic carbocycles. The van der Waals surface area contributed by atoms with Crippen LogP contribution in [0.4, 0.5) is 0 Å². The number of rotatable bonds is 7. The minimum absolute atomic E-state index is 0.294. The Morgan fingerprint density at radius 1 is 1.71 bits per heavy atom. The van der Waals surface area contributed by atoms with E-state index < -0.39 is 0 Å². The van der Waals surface area contributed by atoms with Crippen LogP contribution < -0.4 is 5.32 Å². The van der Waals surface area contributed by atoms with Crippen LogP contribution in [0.1, 0.15) is 38.1 Å². The van der Waals surface area contributed by atoms with Crippen molar-refractivity contribution in [1.29, 1.82) is 0 Å². The first-order chi connectivity index (χ1) is 6.88. The number of aromatic nitrogens is 3. The predicted octanol–water partition coefficient (Wildman–Crippen LogP) is 1.81. The number of H-pyrrole nitrogens is 1. The topological polar surface area (TPSA) is 53.6 Å². The zero-order chi connectivity index (χ0) is 10.2. The van der Waals surface area contributed by atoms with Crippen molar-refractivity contribution in [2.45, 2.75) is 32.2 Å². The Bertz CT molecular complexity index is 243. The van der Waals surface area contributed by atoms with Crippen LogP contribution in [0.25, 0.3) is 0 Å². The lowest BCUT2D eigenvalue weighted by molar-refractivity contribution is 0.479. The smallest absolute Gasteiger partial charge is 0.141 e. The van der Waals surface area contributed by atoms with E-state index in [0.717, 1.165) is 31.6 Å². The monoisotopic (exact) mass is 194 g/mol. The highest BCUT2D eigenvalue weighted by atomic mass is 15.2. The second-order valence-corrected chi connectivity index (χ2v) is 3.20. The molecule has 0 aliphatic carbocycles. The third-order valence-electron chi connectivity index (χ3n) is 2.12. The Hall–Kier alpha value is -1.16. The van der Waals surface area contributed by atoms with Crippen molar-refractivity contribution in [2.24, 2.45) is 0 Å². The minimum Gasteiger partial charge on any atom is -0.308 e. The molecule has 1 heterocycles. The molecule has 2 N–H and O–H groups in total. The maximum atomic E-state index is 4.16. The van der Waals surface area contributed by atoms with E-state index in [9.17, 15) is 0 Å². The Morgan fingerprint density at radius 2 is 2.57 bits per heavy atom. The average molecular weight is 194 g/mol. The molecule has 0 aliphatic rings. The number of hydrogen-bond acceptors (Lipinski definition) is 3. The van der Waals surface area contributed by atoms with Gasteiger partial charge in [-0.1, -0.05) is 13.0 Å². The molecule has 1 atom stereocenters.